The van der Waals surface area contributed by atoms with Crippen LogP contribution in [0, 0.1) is 0 Å². The number of fused-ring (bicyclic) bond motifs is 1. The quantitative estimate of drug-likeness (QED) is 0.823. The summed E-state index contributed by atoms with van der Waals surface area (Å²) in [6.07, 6.45) is 4.42. The average Bonchev–Trinajstić information content (AvgIpc) is 3.23. The van der Waals surface area contributed by atoms with Crippen molar-refractivity contribution in [2.45, 2.75) is 12.5 Å². The highest BCUT2D eigenvalue weighted by Crippen LogP contribution is 2.42. The Morgan fingerprint density at radius 2 is 2.12 bits per heavy atom. The number of hydrogen-bond acceptors (Lipinski definition) is 4. The molecule has 1 saturated heterocycles. The molecular weight excluding hydrogens is 374 g/mol. The SMILES string of the molecule is N[C@@H]1CCN(C(=O)c2c[nH]cc2-c2cc(Br)c3c(c2)OCCO3)C1. The van der Waals surface area contributed by atoms with Crippen molar-refractivity contribution in [2.24, 2.45) is 5.73 Å². The van der Waals surface area contributed by atoms with E-state index >= 15 is 0 Å². The largest absolute Gasteiger partial charge is 0.486 e. The fourth-order valence-corrected chi connectivity index (χ4v) is 3.74. The van der Waals surface area contributed by atoms with Crippen LogP contribution in [0.15, 0.2) is 29.0 Å². The van der Waals surface area contributed by atoms with Crippen LogP contribution in [0.4, 0.5) is 0 Å². The monoisotopic (exact) mass is 391 g/mol. The standard InChI is InChI=1S/C17H18BrN3O3/c18-14-5-10(6-15-16(14)24-4-3-23-15)12-7-20-8-13(12)17(22)21-2-1-11(19)9-21/h5-8,11,20H,1-4,9,19H2/t11-/m1/s1. The second-order valence-corrected chi connectivity index (χ2v) is 6.92. The highest BCUT2D eigenvalue weighted by Gasteiger charge is 2.27. The first-order chi connectivity index (χ1) is 11.6. The van der Waals surface area contributed by atoms with Gasteiger partial charge in [-0.15, -0.1) is 0 Å². The van der Waals surface area contributed by atoms with Crippen LogP contribution in [-0.2, 0) is 0 Å². The minimum Gasteiger partial charge on any atom is -0.486 e. The molecule has 0 radical (unpaired) electrons. The molecule has 0 aliphatic carbocycles. The van der Waals surface area contributed by atoms with Gasteiger partial charge in [-0.2, -0.15) is 0 Å². The van der Waals surface area contributed by atoms with Gasteiger partial charge in [0.15, 0.2) is 11.5 Å². The number of aromatic nitrogens is 1. The fourth-order valence-electron chi connectivity index (χ4n) is 3.19. The molecule has 0 saturated carbocycles. The van der Waals surface area contributed by atoms with Crippen molar-refractivity contribution in [3.63, 3.8) is 0 Å². The van der Waals surface area contributed by atoms with Crippen molar-refractivity contribution in [1.29, 1.82) is 0 Å². The van der Waals surface area contributed by atoms with E-state index in [1.165, 1.54) is 0 Å². The number of benzene rings is 1. The highest BCUT2D eigenvalue weighted by molar-refractivity contribution is 9.10. The number of likely N-dealkylation sites (tertiary alicyclic amines) is 1. The molecular formula is C17H18BrN3O3. The Balaban J connectivity index is 1.70. The third-order valence-electron chi connectivity index (χ3n) is 4.40. The van der Waals surface area contributed by atoms with Gasteiger partial charge >= 0.3 is 0 Å². The maximum Gasteiger partial charge on any atom is 0.256 e. The van der Waals surface area contributed by atoms with Gasteiger partial charge in [-0.25, -0.2) is 0 Å². The van der Waals surface area contributed by atoms with Gasteiger partial charge in [-0.3, -0.25) is 4.79 Å². The number of nitrogens with zero attached hydrogens (tertiary/aromatic N) is 1. The van der Waals surface area contributed by atoms with Gasteiger partial charge in [0.25, 0.3) is 5.91 Å². The van der Waals surface area contributed by atoms with Crippen molar-refractivity contribution in [3.05, 3.63) is 34.6 Å². The molecule has 1 atom stereocenters. The number of carbonyl (C=O) groups is 1. The predicted molar refractivity (Wildman–Crippen MR) is 93.4 cm³/mol. The number of ether oxygens (including phenoxy) is 2. The van der Waals surface area contributed by atoms with Crippen LogP contribution in [-0.4, -0.2) is 48.1 Å². The van der Waals surface area contributed by atoms with Gasteiger partial charge in [-0.05, 0) is 40.0 Å². The van der Waals surface area contributed by atoms with Crippen LogP contribution in [0.25, 0.3) is 11.1 Å². The molecule has 7 heteroatoms. The Morgan fingerprint density at radius 1 is 1.29 bits per heavy atom. The number of aromatic amines is 1. The van der Waals surface area contributed by atoms with Gasteiger partial charge < -0.3 is 25.1 Å². The maximum atomic E-state index is 12.8. The molecule has 1 fully saturated rings. The summed E-state index contributed by atoms with van der Waals surface area (Å²) >= 11 is 3.53. The van der Waals surface area contributed by atoms with Crippen LogP contribution in [0.1, 0.15) is 16.8 Å². The molecule has 1 amide bonds. The smallest absolute Gasteiger partial charge is 0.256 e. The molecule has 0 unspecified atom stereocenters. The van der Waals surface area contributed by atoms with Crippen LogP contribution >= 0.6 is 15.9 Å². The molecule has 126 valence electrons. The fraction of sp³-hybridized carbons (Fsp3) is 0.353. The average molecular weight is 392 g/mol. The first-order valence-electron chi connectivity index (χ1n) is 7.94. The number of rotatable bonds is 2. The van der Waals surface area contributed by atoms with E-state index in [1.54, 1.807) is 6.20 Å². The zero-order valence-electron chi connectivity index (χ0n) is 13.0. The summed E-state index contributed by atoms with van der Waals surface area (Å²) in [5.41, 5.74) is 8.32. The summed E-state index contributed by atoms with van der Waals surface area (Å²) in [5.74, 6) is 1.40. The summed E-state index contributed by atoms with van der Waals surface area (Å²) in [4.78, 5) is 17.7. The van der Waals surface area contributed by atoms with E-state index in [-0.39, 0.29) is 11.9 Å². The highest BCUT2D eigenvalue weighted by atomic mass is 79.9. The molecule has 6 nitrogen and oxygen atoms in total. The molecule has 2 aliphatic rings. The van der Waals surface area contributed by atoms with E-state index in [0.29, 0.717) is 43.4 Å². The first-order valence-corrected chi connectivity index (χ1v) is 8.74. The van der Waals surface area contributed by atoms with Crippen molar-refractivity contribution in [2.75, 3.05) is 26.3 Å². The van der Waals surface area contributed by atoms with Gasteiger partial charge in [0.1, 0.15) is 13.2 Å². The number of nitrogens with one attached hydrogen (secondary N) is 1. The third-order valence-corrected chi connectivity index (χ3v) is 4.98. The number of halogens is 1. The van der Waals surface area contributed by atoms with E-state index in [2.05, 4.69) is 20.9 Å². The van der Waals surface area contributed by atoms with Gasteiger partial charge in [0.2, 0.25) is 0 Å². The van der Waals surface area contributed by atoms with E-state index in [9.17, 15) is 4.79 Å². The molecule has 0 bridgehead atoms. The summed E-state index contributed by atoms with van der Waals surface area (Å²) in [6.45, 7) is 2.37. The lowest BCUT2D eigenvalue weighted by molar-refractivity contribution is 0.0792. The lowest BCUT2D eigenvalue weighted by Crippen LogP contribution is -2.31. The van der Waals surface area contributed by atoms with Crippen LogP contribution in [0.2, 0.25) is 0 Å². The minimum atomic E-state index is 0.00483. The zero-order valence-corrected chi connectivity index (χ0v) is 14.6. The molecule has 2 aromatic rings. The van der Waals surface area contributed by atoms with Crippen LogP contribution in [0.3, 0.4) is 0 Å². The molecule has 3 heterocycles. The number of hydrogen-bond donors (Lipinski definition) is 2. The second kappa shape index (κ2) is 6.14. The molecule has 1 aromatic heterocycles. The number of nitrogens with two attached hydrogens (primary N) is 1. The van der Waals surface area contributed by atoms with Crippen LogP contribution in [0.5, 0.6) is 11.5 Å². The van der Waals surface area contributed by atoms with Gasteiger partial charge in [0.05, 0.1) is 10.0 Å². The lowest BCUT2D eigenvalue weighted by Gasteiger charge is -2.21. The maximum absolute atomic E-state index is 12.8. The lowest BCUT2D eigenvalue weighted by atomic mass is 10.0. The Kier molecular flexibility index (Phi) is 3.97. The van der Waals surface area contributed by atoms with Crippen molar-refractivity contribution >= 4 is 21.8 Å². The number of H-pyrrole nitrogens is 1. The van der Waals surface area contributed by atoms with Crippen LogP contribution < -0.4 is 15.2 Å². The van der Waals surface area contributed by atoms with Crippen molar-refractivity contribution in [1.82, 2.24) is 9.88 Å². The van der Waals surface area contributed by atoms with Gasteiger partial charge in [-0.1, -0.05) is 0 Å². The molecule has 2 aliphatic heterocycles. The van der Waals surface area contributed by atoms with Crippen molar-refractivity contribution < 1.29 is 14.3 Å². The van der Waals surface area contributed by atoms with E-state index in [4.69, 9.17) is 15.2 Å². The number of amides is 1. The minimum absolute atomic E-state index is 0.00483. The molecule has 24 heavy (non-hydrogen) atoms. The van der Waals surface area contributed by atoms with Gasteiger partial charge in [0, 0.05) is 37.1 Å². The first kappa shape index (κ1) is 15.5. The second-order valence-electron chi connectivity index (χ2n) is 6.06. The molecule has 4 rings (SSSR count). The molecule has 1 aromatic carbocycles. The summed E-state index contributed by atoms with van der Waals surface area (Å²) < 4.78 is 12.1. The molecule has 0 spiro atoms. The van der Waals surface area contributed by atoms with E-state index in [1.807, 2.05) is 23.2 Å². The zero-order chi connectivity index (χ0) is 16.7. The summed E-state index contributed by atoms with van der Waals surface area (Å²) in [5, 5.41) is 0. The van der Waals surface area contributed by atoms with E-state index < -0.39 is 0 Å². The Bertz CT molecular complexity index is 789. The normalized spacial score (nSPS) is 19.6. The Morgan fingerprint density at radius 3 is 2.92 bits per heavy atom. The Hall–Kier alpha value is -1.99. The topological polar surface area (TPSA) is 80.6 Å². The predicted octanol–water partition coefficient (Wildman–Crippen LogP) is 2.39. The third kappa shape index (κ3) is 2.67. The van der Waals surface area contributed by atoms with Crippen molar-refractivity contribution in [3.8, 4) is 22.6 Å². The Labute approximate surface area is 148 Å². The number of carbonyl (C=O) groups excluding carboxylic acids is 1. The molecule has 3 N–H and O–H groups in total. The summed E-state index contributed by atoms with van der Waals surface area (Å²) in [7, 11) is 0. The summed E-state index contributed by atoms with van der Waals surface area (Å²) in [6, 6.07) is 3.93. The van der Waals surface area contributed by atoms with E-state index in [0.717, 1.165) is 22.0 Å².